The predicted octanol–water partition coefficient (Wildman–Crippen LogP) is 3.63. The lowest BCUT2D eigenvalue weighted by Crippen LogP contribution is -2.27. The summed E-state index contributed by atoms with van der Waals surface area (Å²) in [4.78, 5) is 30.1. The van der Waals surface area contributed by atoms with Gasteiger partial charge >= 0.3 is 6.18 Å². The minimum absolute atomic E-state index is 0.0872. The molecule has 0 aliphatic heterocycles. The highest BCUT2D eigenvalue weighted by atomic mass is 32.2. The molecule has 8 nitrogen and oxygen atoms in total. The Morgan fingerprint density at radius 2 is 2.07 bits per heavy atom. The largest absolute Gasteiger partial charge is 0.389 e. The van der Waals surface area contributed by atoms with Gasteiger partial charge in [-0.05, 0) is 26.0 Å². The van der Waals surface area contributed by atoms with Gasteiger partial charge in [-0.2, -0.15) is 18.2 Å². The zero-order chi connectivity index (χ0) is 22.3. The molecule has 0 bridgehead atoms. The first-order valence-corrected chi connectivity index (χ1v) is 9.89. The third-order valence-corrected chi connectivity index (χ3v) is 4.72. The summed E-state index contributed by atoms with van der Waals surface area (Å²) < 4.78 is 39.2. The summed E-state index contributed by atoms with van der Waals surface area (Å²) in [6.45, 7) is 3.93. The number of aldehydes is 1. The number of nitrogens with two attached hydrogens (primary N) is 1. The number of nitrogen functional groups attached to an aromatic ring is 1. The first-order chi connectivity index (χ1) is 14.1. The van der Waals surface area contributed by atoms with E-state index in [0.717, 1.165) is 11.9 Å². The van der Waals surface area contributed by atoms with Crippen LogP contribution in [0.3, 0.4) is 0 Å². The fraction of sp³-hybridized carbons (Fsp3) is 0.389. The van der Waals surface area contributed by atoms with Crippen LogP contribution < -0.4 is 15.4 Å². The first kappa shape index (κ1) is 23.4. The lowest BCUT2D eigenvalue weighted by Gasteiger charge is -2.23. The molecule has 12 heteroatoms. The average molecular weight is 441 g/mol. The van der Waals surface area contributed by atoms with Gasteiger partial charge in [0.2, 0.25) is 5.95 Å². The lowest BCUT2D eigenvalue weighted by atomic mass is 10.2. The Kier molecular flexibility index (Phi) is 7.98. The lowest BCUT2D eigenvalue weighted by molar-refractivity contribution is -0.129. The van der Waals surface area contributed by atoms with Crippen molar-refractivity contribution < 1.29 is 18.0 Å². The molecule has 0 radical (unpaired) electrons. The van der Waals surface area contributed by atoms with E-state index < -0.39 is 12.6 Å². The van der Waals surface area contributed by atoms with Crippen molar-refractivity contribution in [2.45, 2.75) is 32.5 Å². The Morgan fingerprint density at radius 3 is 2.63 bits per heavy atom. The molecule has 2 aromatic heterocycles. The topological polar surface area (TPSA) is 109 Å². The van der Waals surface area contributed by atoms with Crippen LogP contribution in [0, 0.1) is 0 Å². The molecule has 0 aliphatic rings. The second kappa shape index (κ2) is 10.2. The summed E-state index contributed by atoms with van der Waals surface area (Å²) in [6.07, 6.45) is -1.68. The maximum Gasteiger partial charge on any atom is 0.389 e. The van der Waals surface area contributed by atoms with Crippen LogP contribution in [-0.2, 0) is 4.79 Å². The summed E-state index contributed by atoms with van der Waals surface area (Å²) in [5.41, 5.74) is 6.59. The Labute approximate surface area is 176 Å². The second-order valence-corrected chi connectivity index (χ2v) is 7.41. The van der Waals surface area contributed by atoms with Gasteiger partial charge < -0.3 is 15.4 Å². The van der Waals surface area contributed by atoms with Gasteiger partial charge in [-0.3, -0.25) is 4.79 Å². The van der Waals surface area contributed by atoms with Gasteiger partial charge in [0, 0.05) is 30.6 Å². The molecule has 0 saturated carbocycles. The van der Waals surface area contributed by atoms with Crippen molar-refractivity contribution >= 4 is 47.2 Å². The Balaban J connectivity index is 2.18. The maximum atomic E-state index is 12.2. The zero-order valence-corrected chi connectivity index (χ0v) is 17.5. The summed E-state index contributed by atoms with van der Waals surface area (Å²) in [7, 11) is 1.82. The van der Waals surface area contributed by atoms with Crippen LogP contribution in [0.5, 0.6) is 0 Å². The van der Waals surface area contributed by atoms with Gasteiger partial charge in [-0.25, -0.2) is 15.0 Å². The Bertz CT molecular complexity index is 888. The van der Waals surface area contributed by atoms with Crippen LogP contribution in [0.15, 0.2) is 29.5 Å². The summed E-state index contributed by atoms with van der Waals surface area (Å²) >= 11 is 0.899. The number of rotatable bonds is 9. The molecule has 0 atom stereocenters. The fourth-order valence-electron chi connectivity index (χ4n) is 2.15. The molecule has 0 fully saturated rings. The molecule has 0 unspecified atom stereocenters. The monoisotopic (exact) mass is 441 g/mol. The van der Waals surface area contributed by atoms with E-state index in [1.54, 1.807) is 12.1 Å². The SMILES string of the molecule is CC(C)N(C)c1nc(N)ncc1/N=C(\C=O)c1ccc(NSCCC(F)(F)F)nc1. The van der Waals surface area contributed by atoms with Gasteiger partial charge in [0.15, 0.2) is 12.1 Å². The molecule has 3 N–H and O–H groups in total. The number of nitrogens with one attached hydrogen (secondary N) is 1. The smallest absolute Gasteiger partial charge is 0.368 e. The van der Waals surface area contributed by atoms with Crippen LogP contribution in [0.25, 0.3) is 0 Å². The van der Waals surface area contributed by atoms with Crippen molar-refractivity contribution in [1.29, 1.82) is 0 Å². The minimum Gasteiger partial charge on any atom is -0.368 e. The van der Waals surface area contributed by atoms with E-state index in [0.29, 0.717) is 29.2 Å². The fourth-order valence-corrected chi connectivity index (χ4v) is 2.85. The highest BCUT2D eigenvalue weighted by Crippen LogP contribution is 2.27. The van der Waals surface area contributed by atoms with Crippen molar-refractivity contribution in [2.75, 3.05) is 28.2 Å². The van der Waals surface area contributed by atoms with Gasteiger partial charge in [-0.15, -0.1) is 0 Å². The molecule has 0 saturated heterocycles. The molecule has 2 rings (SSSR count). The number of hydrogen-bond donors (Lipinski definition) is 2. The first-order valence-electron chi connectivity index (χ1n) is 8.91. The number of pyridine rings is 1. The second-order valence-electron chi connectivity index (χ2n) is 6.50. The van der Waals surface area contributed by atoms with E-state index in [1.165, 1.54) is 12.4 Å². The molecule has 0 amide bonds. The molecule has 2 heterocycles. The van der Waals surface area contributed by atoms with Crippen LogP contribution in [0.1, 0.15) is 25.8 Å². The highest BCUT2D eigenvalue weighted by Gasteiger charge is 2.26. The zero-order valence-electron chi connectivity index (χ0n) is 16.6. The van der Waals surface area contributed by atoms with Crippen molar-refractivity contribution in [1.82, 2.24) is 15.0 Å². The van der Waals surface area contributed by atoms with Crippen molar-refractivity contribution in [3.63, 3.8) is 0 Å². The molecular formula is C18H22F3N7OS. The molecule has 2 aromatic rings. The molecule has 0 spiro atoms. The molecule has 0 aliphatic carbocycles. The molecule has 0 aromatic carbocycles. The van der Waals surface area contributed by atoms with Crippen molar-refractivity contribution in [3.05, 3.63) is 30.1 Å². The summed E-state index contributed by atoms with van der Waals surface area (Å²) in [5, 5.41) is 0. The summed E-state index contributed by atoms with van der Waals surface area (Å²) in [5.74, 6) is 0.790. The number of halogens is 3. The molecular weight excluding hydrogens is 419 g/mol. The van der Waals surface area contributed by atoms with E-state index in [-0.39, 0.29) is 23.5 Å². The number of aliphatic imine (C=N–C) groups is 1. The van der Waals surface area contributed by atoms with Crippen LogP contribution >= 0.6 is 11.9 Å². The van der Waals surface area contributed by atoms with Crippen LogP contribution in [0.2, 0.25) is 0 Å². The minimum atomic E-state index is -4.20. The van der Waals surface area contributed by atoms with E-state index in [1.807, 2.05) is 25.8 Å². The quantitative estimate of drug-likeness (QED) is 0.263. The molecule has 30 heavy (non-hydrogen) atoms. The van der Waals surface area contributed by atoms with Gasteiger partial charge in [-0.1, -0.05) is 11.9 Å². The van der Waals surface area contributed by atoms with Gasteiger partial charge in [0.25, 0.3) is 0 Å². The van der Waals surface area contributed by atoms with Gasteiger partial charge in [0.05, 0.1) is 12.6 Å². The van der Waals surface area contributed by atoms with E-state index in [9.17, 15) is 18.0 Å². The van der Waals surface area contributed by atoms with E-state index in [2.05, 4.69) is 24.7 Å². The van der Waals surface area contributed by atoms with Crippen molar-refractivity contribution in [2.24, 2.45) is 4.99 Å². The summed E-state index contributed by atoms with van der Waals surface area (Å²) in [6, 6.07) is 3.25. The normalized spacial score (nSPS) is 12.2. The van der Waals surface area contributed by atoms with Crippen molar-refractivity contribution in [3.8, 4) is 0 Å². The third kappa shape index (κ3) is 6.87. The number of anilines is 3. The number of aromatic nitrogens is 3. The highest BCUT2D eigenvalue weighted by molar-refractivity contribution is 8.00. The Hall–Kier alpha value is -2.89. The third-order valence-electron chi connectivity index (χ3n) is 3.95. The number of carbonyl (C=O) groups is 1. The maximum absolute atomic E-state index is 12.2. The van der Waals surface area contributed by atoms with Crippen LogP contribution in [0.4, 0.5) is 36.4 Å². The van der Waals surface area contributed by atoms with E-state index >= 15 is 0 Å². The predicted molar refractivity (Wildman–Crippen MR) is 113 cm³/mol. The van der Waals surface area contributed by atoms with Gasteiger partial charge in [0.1, 0.15) is 17.2 Å². The standard InChI is InChI=1S/C18H22F3N7OS/c1-11(2)28(3)16-13(9-24-17(22)26-16)25-14(10-29)12-4-5-15(23-8-12)27-30-7-6-18(19,20)21/h4-5,8-11H,6-7H2,1-3H3,(H,23,27)(H2,22,24,26)/b25-14+. The number of carbonyl (C=O) groups excluding carboxylic acids is 1. The number of hydrogen-bond acceptors (Lipinski definition) is 9. The average Bonchev–Trinajstić information content (AvgIpc) is 2.69. The molecule has 162 valence electrons. The van der Waals surface area contributed by atoms with E-state index in [4.69, 9.17) is 5.73 Å². The number of nitrogens with zero attached hydrogens (tertiary/aromatic N) is 5. The van der Waals surface area contributed by atoms with Crippen LogP contribution in [-0.4, -0.2) is 52.0 Å². The number of alkyl halides is 3. The Morgan fingerprint density at radius 1 is 1.33 bits per heavy atom.